The quantitative estimate of drug-likeness (QED) is 0.605. The monoisotopic (exact) mass is 216 g/mol. The largest absolute Gasteiger partial charge is 0.386 e. The van der Waals surface area contributed by atoms with Crippen molar-refractivity contribution in [2.45, 2.75) is 26.3 Å². The Labute approximate surface area is 94.6 Å². The van der Waals surface area contributed by atoms with E-state index in [-0.39, 0.29) is 5.84 Å². The molecule has 0 bridgehead atoms. The van der Waals surface area contributed by atoms with E-state index < -0.39 is 0 Å². The third-order valence-corrected chi connectivity index (χ3v) is 2.54. The zero-order valence-electron chi connectivity index (χ0n) is 9.40. The predicted octanol–water partition coefficient (Wildman–Crippen LogP) is 1.92. The van der Waals surface area contributed by atoms with Crippen molar-refractivity contribution in [3.05, 3.63) is 30.1 Å². The summed E-state index contributed by atoms with van der Waals surface area (Å²) in [5.41, 5.74) is 7.51. The molecular formula is C12H16N4. The van der Waals surface area contributed by atoms with E-state index >= 15 is 0 Å². The molecule has 0 spiro atoms. The molecule has 0 aliphatic carbocycles. The van der Waals surface area contributed by atoms with E-state index in [1.165, 1.54) is 0 Å². The lowest BCUT2D eigenvalue weighted by atomic mass is 10.3. The number of hydrogen-bond donors (Lipinski definition) is 2. The maximum absolute atomic E-state index is 7.40. The molecule has 0 saturated heterocycles. The van der Waals surface area contributed by atoms with Gasteiger partial charge in [-0.15, -0.1) is 0 Å². The van der Waals surface area contributed by atoms with Crippen molar-refractivity contribution in [2.75, 3.05) is 0 Å². The van der Waals surface area contributed by atoms with E-state index in [1.807, 2.05) is 28.8 Å². The molecule has 3 N–H and O–H groups in total. The third kappa shape index (κ3) is 1.91. The minimum absolute atomic E-state index is 0.167. The molecule has 4 nitrogen and oxygen atoms in total. The molecule has 16 heavy (non-hydrogen) atoms. The molecule has 1 heterocycles. The zero-order valence-corrected chi connectivity index (χ0v) is 9.40. The van der Waals surface area contributed by atoms with Crippen LogP contribution in [-0.4, -0.2) is 15.4 Å². The Hall–Kier alpha value is -1.84. The normalized spacial score (nSPS) is 10.8. The highest BCUT2D eigenvalue weighted by molar-refractivity contribution is 5.81. The van der Waals surface area contributed by atoms with Crippen LogP contribution in [0.3, 0.4) is 0 Å². The number of rotatable bonds is 4. The van der Waals surface area contributed by atoms with Crippen LogP contribution in [0.5, 0.6) is 0 Å². The lowest BCUT2D eigenvalue weighted by molar-refractivity contribution is 0.743. The maximum Gasteiger partial charge on any atom is 0.111 e. The molecule has 0 amide bonds. The van der Waals surface area contributed by atoms with Crippen LogP contribution in [-0.2, 0) is 13.0 Å². The van der Waals surface area contributed by atoms with Gasteiger partial charge < -0.3 is 10.3 Å². The van der Waals surface area contributed by atoms with Crippen molar-refractivity contribution < 1.29 is 0 Å². The SMILES string of the molecule is CCCc1nc2ccccc2n1CC(=N)N. The summed E-state index contributed by atoms with van der Waals surface area (Å²) < 4.78 is 2.03. The highest BCUT2D eigenvalue weighted by Gasteiger charge is 2.09. The van der Waals surface area contributed by atoms with Gasteiger partial charge in [-0.05, 0) is 18.6 Å². The number of amidine groups is 1. The first-order chi connectivity index (χ1) is 7.72. The summed E-state index contributed by atoms with van der Waals surface area (Å²) in [6.07, 6.45) is 1.96. The minimum Gasteiger partial charge on any atom is -0.386 e. The van der Waals surface area contributed by atoms with Gasteiger partial charge in [0.1, 0.15) is 11.7 Å². The van der Waals surface area contributed by atoms with Crippen LogP contribution in [0.4, 0.5) is 0 Å². The predicted molar refractivity (Wildman–Crippen MR) is 65.6 cm³/mol. The number of hydrogen-bond acceptors (Lipinski definition) is 2. The van der Waals surface area contributed by atoms with Gasteiger partial charge in [-0.1, -0.05) is 19.1 Å². The van der Waals surface area contributed by atoms with E-state index in [0.717, 1.165) is 29.7 Å². The van der Waals surface area contributed by atoms with E-state index in [4.69, 9.17) is 11.1 Å². The van der Waals surface area contributed by atoms with Crippen molar-refractivity contribution >= 4 is 16.9 Å². The van der Waals surface area contributed by atoms with E-state index in [2.05, 4.69) is 11.9 Å². The molecule has 2 aromatic rings. The van der Waals surface area contributed by atoms with Crippen LogP contribution in [0.15, 0.2) is 24.3 Å². The van der Waals surface area contributed by atoms with Gasteiger partial charge in [0.25, 0.3) is 0 Å². The lowest BCUT2D eigenvalue weighted by Crippen LogP contribution is -2.19. The molecule has 0 fully saturated rings. The molecular weight excluding hydrogens is 200 g/mol. The second-order valence-electron chi connectivity index (χ2n) is 3.88. The van der Waals surface area contributed by atoms with Crippen molar-refractivity contribution in [3.8, 4) is 0 Å². The van der Waals surface area contributed by atoms with E-state index in [0.29, 0.717) is 6.54 Å². The fraction of sp³-hybridized carbons (Fsp3) is 0.333. The minimum atomic E-state index is 0.167. The van der Waals surface area contributed by atoms with Gasteiger partial charge in [0.2, 0.25) is 0 Å². The van der Waals surface area contributed by atoms with Crippen molar-refractivity contribution in [1.29, 1.82) is 5.41 Å². The summed E-state index contributed by atoms with van der Waals surface area (Å²) in [6, 6.07) is 7.97. The van der Waals surface area contributed by atoms with Gasteiger partial charge in [0, 0.05) is 6.42 Å². The Kier molecular flexibility index (Phi) is 2.90. The number of aryl methyl sites for hydroxylation is 1. The molecule has 0 aliphatic heterocycles. The molecule has 0 atom stereocenters. The summed E-state index contributed by atoms with van der Waals surface area (Å²) in [4.78, 5) is 4.57. The fourth-order valence-electron chi connectivity index (χ4n) is 1.89. The number of nitrogens with one attached hydrogen (secondary N) is 1. The Morgan fingerprint density at radius 1 is 1.44 bits per heavy atom. The average Bonchev–Trinajstić information content (AvgIpc) is 2.57. The molecule has 0 unspecified atom stereocenters. The topological polar surface area (TPSA) is 67.7 Å². The highest BCUT2D eigenvalue weighted by Crippen LogP contribution is 2.16. The van der Waals surface area contributed by atoms with E-state index in [9.17, 15) is 0 Å². The molecule has 4 heteroatoms. The van der Waals surface area contributed by atoms with Crippen LogP contribution in [0.25, 0.3) is 11.0 Å². The molecule has 0 aliphatic rings. The number of nitrogens with zero attached hydrogens (tertiary/aromatic N) is 2. The Morgan fingerprint density at radius 2 is 2.19 bits per heavy atom. The summed E-state index contributed by atoms with van der Waals surface area (Å²) in [7, 11) is 0. The van der Waals surface area contributed by atoms with Crippen LogP contribution in [0.1, 0.15) is 19.2 Å². The summed E-state index contributed by atoms with van der Waals surface area (Å²) in [5, 5.41) is 7.40. The molecule has 2 rings (SSSR count). The molecule has 1 aromatic carbocycles. The first-order valence-electron chi connectivity index (χ1n) is 5.49. The number of fused-ring (bicyclic) bond motifs is 1. The van der Waals surface area contributed by atoms with Gasteiger partial charge in [0.15, 0.2) is 0 Å². The zero-order chi connectivity index (χ0) is 11.5. The van der Waals surface area contributed by atoms with Crippen molar-refractivity contribution in [1.82, 2.24) is 9.55 Å². The van der Waals surface area contributed by atoms with Gasteiger partial charge in [-0.2, -0.15) is 0 Å². The maximum atomic E-state index is 7.40. The Bertz CT molecular complexity index is 513. The first-order valence-corrected chi connectivity index (χ1v) is 5.49. The molecule has 0 saturated carbocycles. The van der Waals surface area contributed by atoms with Crippen molar-refractivity contribution in [3.63, 3.8) is 0 Å². The molecule has 1 aromatic heterocycles. The third-order valence-electron chi connectivity index (χ3n) is 2.54. The highest BCUT2D eigenvalue weighted by atomic mass is 15.1. The number of para-hydroxylation sites is 2. The smallest absolute Gasteiger partial charge is 0.111 e. The van der Waals surface area contributed by atoms with E-state index in [1.54, 1.807) is 0 Å². The number of aromatic nitrogens is 2. The van der Waals surface area contributed by atoms with Crippen LogP contribution >= 0.6 is 0 Å². The Balaban J connectivity index is 2.54. The fourth-order valence-corrected chi connectivity index (χ4v) is 1.89. The van der Waals surface area contributed by atoms with Gasteiger partial charge in [0.05, 0.1) is 17.6 Å². The van der Waals surface area contributed by atoms with Crippen molar-refractivity contribution in [2.24, 2.45) is 5.73 Å². The van der Waals surface area contributed by atoms with Gasteiger partial charge >= 0.3 is 0 Å². The molecule has 0 radical (unpaired) electrons. The van der Waals surface area contributed by atoms with Crippen LogP contribution in [0, 0.1) is 5.41 Å². The second-order valence-corrected chi connectivity index (χ2v) is 3.88. The average molecular weight is 216 g/mol. The van der Waals surface area contributed by atoms with Crippen LogP contribution < -0.4 is 5.73 Å². The standard InChI is InChI=1S/C12H16N4/c1-2-5-12-15-9-6-3-4-7-10(9)16(12)8-11(13)14/h3-4,6-7H,2,5,8H2,1H3,(H3,13,14). The number of benzene rings is 1. The summed E-state index contributed by atoms with van der Waals surface area (Å²) >= 11 is 0. The van der Waals surface area contributed by atoms with Gasteiger partial charge in [-0.3, -0.25) is 5.41 Å². The summed E-state index contributed by atoms with van der Waals surface area (Å²) in [5.74, 6) is 1.18. The molecule has 84 valence electrons. The number of nitrogens with two attached hydrogens (primary N) is 1. The summed E-state index contributed by atoms with van der Waals surface area (Å²) in [6.45, 7) is 2.55. The van der Waals surface area contributed by atoms with Gasteiger partial charge in [-0.25, -0.2) is 4.98 Å². The second kappa shape index (κ2) is 4.35. The lowest BCUT2D eigenvalue weighted by Gasteiger charge is -2.06. The Morgan fingerprint density at radius 3 is 2.88 bits per heavy atom. The number of imidazole rings is 1. The first kappa shape index (κ1) is 10.7. The van der Waals surface area contributed by atoms with Crippen LogP contribution in [0.2, 0.25) is 0 Å².